The van der Waals surface area contributed by atoms with Gasteiger partial charge in [0.15, 0.2) is 0 Å². The zero-order valence-corrected chi connectivity index (χ0v) is 13.9. The molecule has 3 heterocycles. The van der Waals surface area contributed by atoms with Crippen molar-refractivity contribution in [3.8, 4) is 0 Å². The van der Waals surface area contributed by atoms with E-state index < -0.39 is 0 Å². The SMILES string of the molecule is COC[C@H]1CN(C(=O)c2ccncc2)Cc2ncn(CC3CC3)c21. The van der Waals surface area contributed by atoms with Crippen molar-refractivity contribution in [2.75, 3.05) is 20.3 Å². The lowest BCUT2D eigenvalue weighted by atomic mass is 9.98. The Morgan fingerprint density at radius 2 is 2.12 bits per heavy atom. The summed E-state index contributed by atoms with van der Waals surface area (Å²) in [5.74, 6) is 0.995. The number of fused-ring (bicyclic) bond motifs is 1. The van der Waals surface area contributed by atoms with Gasteiger partial charge in [-0.3, -0.25) is 9.78 Å². The monoisotopic (exact) mass is 326 g/mol. The van der Waals surface area contributed by atoms with Crippen molar-refractivity contribution >= 4 is 5.91 Å². The normalized spacial score (nSPS) is 20.0. The van der Waals surface area contributed by atoms with Crippen molar-refractivity contribution in [1.29, 1.82) is 0 Å². The molecule has 0 spiro atoms. The number of hydrogen-bond donors (Lipinski definition) is 0. The second-order valence-corrected chi connectivity index (χ2v) is 6.75. The number of carbonyl (C=O) groups is 1. The molecule has 126 valence electrons. The molecule has 6 heteroatoms. The summed E-state index contributed by atoms with van der Waals surface area (Å²) in [6.45, 7) is 2.87. The average molecular weight is 326 g/mol. The molecule has 1 atom stereocenters. The van der Waals surface area contributed by atoms with Crippen LogP contribution in [0.4, 0.5) is 0 Å². The van der Waals surface area contributed by atoms with E-state index in [0.717, 1.165) is 18.2 Å². The van der Waals surface area contributed by atoms with Crippen LogP contribution in [0.2, 0.25) is 0 Å². The van der Waals surface area contributed by atoms with Crippen LogP contribution in [0.5, 0.6) is 0 Å². The molecule has 2 aromatic heterocycles. The second-order valence-electron chi connectivity index (χ2n) is 6.75. The quantitative estimate of drug-likeness (QED) is 0.844. The molecule has 1 aliphatic heterocycles. The molecular formula is C18H22N4O2. The third-order valence-electron chi connectivity index (χ3n) is 4.86. The predicted octanol–water partition coefficient (Wildman–Crippen LogP) is 2.07. The van der Waals surface area contributed by atoms with Crippen molar-refractivity contribution in [1.82, 2.24) is 19.4 Å². The topological polar surface area (TPSA) is 60.2 Å². The number of ether oxygens (including phenoxy) is 1. The van der Waals surface area contributed by atoms with Crippen LogP contribution in [0.15, 0.2) is 30.9 Å². The lowest BCUT2D eigenvalue weighted by Crippen LogP contribution is -2.40. The van der Waals surface area contributed by atoms with E-state index in [1.54, 1.807) is 31.6 Å². The van der Waals surface area contributed by atoms with E-state index >= 15 is 0 Å². The smallest absolute Gasteiger partial charge is 0.254 e. The summed E-state index contributed by atoms with van der Waals surface area (Å²) >= 11 is 0. The van der Waals surface area contributed by atoms with Gasteiger partial charge in [-0.25, -0.2) is 4.98 Å². The van der Waals surface area contributed by atoms with Crippen LogP contribution in [-0.4, -0.2) is 45.6 Å². The van der Waals surface area contributed by atoms with Crippen molar-refractivity contribution in [3.63, 3.8) is 0 Å². The van der Waals surface area contributed by atoms with Crippen LogP contribution in [0.25, 0.3) is 0 Å². The summed E-state index contributed by atoms with van der Waals surface area (Å²) in [6.07, 6.45) is 7.87. The molecule has 6 nitrogen and oxygen atoms in total. The minimum atomic E-state index is 0.0286. The van der Waals surface area contributed by atoms with Crippen molar-refractivity contribution < 1.29 is 9.53 Å². The first-order valence-electron chi connectivity index (χ1n) is 8.48. The van der Waals surface area contributed by atoms with Crippen LogP contribution in [0, 0.1) is 5.92 Å². The maximum absolute atomic E-state index is 12.8. The fourth-order valence-electron chi connectivity index (χ4n) is 3.51. The minimum Gasteiger partial charge on any atom is -0.384 e. The third-order valence-corrected chi connectivity index (χ3v) is 4.86. The first kappa shape index (κ1) is 15.3. The zero-order valence-electron chi connectivity index (χ0n) is 13.9. The molecule has 4 rings (SSSR count). The number of carbonyl (C=O) groups excluding carboxylic acids is 1. The molecule has 1 amide bonds. The number of amides is 1. The van der Waals surface area contributed by atoms with Crippen molar-refractivity contribution in [2.24, 2.45) is 5.92 Å². The summed E-state index contributed by atoms with van der Waals surface area (Å²) in [6, 6.07) is 3.52. The van der Waals surface area contributed by atoms with Gasteiger partial charge in [-0.15, -0.1) is 0 Å². The number of aromatic nitrogens is 3. The van der Waals surface area contributed by atoms with Crippen LogP contribution in [0.1, 0.15) is 40.5 Å². The highest BCUT2D eigenvalue weighted by molar-refractivity contribution is 5.94. The van der Waals surface area contributed by atoms with E-state index in [0.29, 0.717) is 25.3 Å². The Bertz CT molecular complexity index is 724. The van der Waals surface area contributed by atoms with E-state index in [1.165, 1.54) is 18.5 Å². The number of imidazole rings is 1. The third kappa shape index (κ3) is 2.94. The molecule has 0 radical (unpaired) electrons. The minimum absolute atomic E-state index is 0.0286. The van der Waals surface area contributed by atoms with Gasteiger partial charge in [0.25, 0.3) is 5.91 Å². The molecule has 1 fully saturated rings. The van der Waals surface area contributed by atoms with Gasteiger partial charge < -0.3 is 14.2 Å². The molecule has 2 aliphatic rings. The first-order valence-corrected chi connectivity index (χ1v) is 8.48. The molecule has 0 aromatic carbocycles. The highest BCUT2D eigenvalue weighted by Crippen LogP contribution is 2.34. The molecule has 0 bridgehead atoms. The van der Waals surface area contributed by atoms with Gasteiger partial charge in [0.1, 0.15) is 0 Å². The fourth-order valence-corrected chi connectivity index (χ4v) is 3.51. The molecule has 0 N–H and O–H groups in total. The largest absolute Gasteiger partial charge is 0.384 e. The molecule has 1 aliphatic carbocycles. The van der Waals surface area contributed by atoms with E-state index in [1.807, 2.05) is 11.2 Å². The van der Waals surface area contributed by atoms with Gasteiger partial charge in [0, 0.05) is 49.8 Å². The number of nitrogens with zero attached hydrogens (tertiary/aromatic N) is 4. The van der Waals surface area contributed by atoms with Crippen molar-refractivity contribution in [3.05, 3.63) is 47.8 Å². The van der Waals surface area contributed by atoms with Gasteiger partial charge >= 0.3 is 0 Å². The Kier molecular flexibility index (Phi) is 4.06. The molecular weight excluding hydrogens is 304 g/mol. The van der Waals surface area contributed by atoms with E-state index in [4.69, 9.17) is 4.74 Å². The highest BCUT2D eigenvalue weighted by atomic mass is 16.5. The Hall–Kier alpha value is -2.21. The van der Waals surface area contributed by atoms with E-state index in [-0.39, 0.29) is 11.8 Å². The maximum atomic E-state index is 12.8. The Morgan fingerprint density at radius 3 is 2.83 bits per heavy atom. The summed E-state index contributed by atoms with van der Waals surface area (Å²) in [5, 5.41) is 0. The Balaban J connectivity index is 1.60. The van der Waals surface area contributed by atoms with Crippen molar-refractivity contribution in [2.45, 2.75) is 31.8 Å². The summed E-state index contributed by atoms with van der Waals surface area (Å²) < 4.78 is 7.71. The lowest BCUT2D eigenvalue weighted by molar-refractivity contribution is 0.0672. The first-order chi connectivity index (χ1) is 11.8. The van der Waals surface area contributed by atoms with Crippen LogP contribution < -0.4 is 0 Å². The van der Waals surface area contributed by atoms with Gasteiger partial charge in [-0.2, -0.15) is 0 Å². The molecule has 0 unspecified atom stereocenters. The van der Waals surface area contributed by atoms with Crippen LogP contribution in [0.3, 0.4) is 0 Å². The standard InChI is InChI=1S/C18H22N4O2/c1-24-11-15-9-21(18(23)14-4-6-19-7-5-14)10-16-17(15)22(12-20-16)8-13-2-3-13/h4-7,12-13,15H,2-3,8-11H2,1H3/t15-/m1/s1. The molecule has 0 saturated heterocycles. The second kappa shape index (κ2) is 6.36. The maximum Gasteiger partial charge on any atom is 0.254 e. The van der Waals surface area contributed by atoms with Gasteiger partial charge in [0.05, 0.1) is 25.2 Å². The van der Waals surface area contributed by atoms with E-state index in [2.05, 4.69) is 14.5 Å². The number of methoxy groups -OCH3 is 1. The summed E-state index contributed by atoms with van der Waals surface area (Å²) in [4.78, 5) is 23.2. The Labute approximate surface area is 141 Å². The van der Waals surface area contributed by atoms with Gasteiger partial charge in [-0.1, -0.05) is 0 Å². The summed E-state index contributed by atoms with van der Waals surface area (Å²) in [5.41, 5.74) is 2.93. The highest BCUT2D eigenvalue weighted by Gasteiger charge is 2.33. The number of pyridine rings is 1. The lowest BCUT2D eigenvalue weighted by Gasteiger charge is -2.33. The number of rotatable bonds is 5. The van der Waals surface area contributed by atoms with Gasteiger partial charge in [-0.05, 0) is 30.9 Å². The molecule has 2 aromatic rings. The number of hydrogen-bond acceptors (Lipinski definition) is 4. The molecule has 1 saturated carbocycles. The van der Waals surface area contributed by atoms with Crippen LogP contribution >= 0.6 is 0 Å². The fraction of sp³-hybridized carbons (Fsp3) is 0.500. The summed E-state index contributed by atoms with van der Waals surface area (Å²) in [7, 11) is 1.71. The predicted molar refractivity (Wildman–Crippen MR) is 88.5 cm³/mol. The van der Waals surface area contributed by atoms with Gasteiger partial charge in [0.2, 0.25) is 0 Å². The Morgan fingerprint density at radius 1 is 1.33 bits per heavy atom. The van der Waals surface area contributed by atoms with E-state index in [9.17, 15) is 4.79 Å². The zero-order chi connectivity index (χ0) is 16.5. The van der Waals surface area contributed by atoms with Crippen LogP contribution in [-0.2, 0) is 17.8 Å². The molecule has 24 heavy (non-hydrogen) atoms. The average Bonchev–Trinajstić information content (AvgIpc) is 3.34.